The van der Waals surface area contributed by atoms with E-state index in [4.69, 9.17) is 4.98 Å². The van der Waals surface area contributed by atoms with Crippen LogP contribution in [-0.2, 0) is 6.54 Å². The molecule has 0 radical (unpaired) electrons. The molecule has 0 unspecified atom stereocenters. The lowest BCUT2D eigenvalue weighted by atomic mass is 10.2. The van der Waals surface area contributed by atoms with E-state index < -0.39 is 0 Å². The summed E-state index contributed by atoms with van der Waals surface area (Å²) in [6, 6.07) is 1.32. The van der Waals surface area contributed by atoms with Crippen molar-refractivity contribution in [2.24, 2.45) is 0 Å². The van der Waals surface area contributed by atoms with Crippen LogP contribution in [0, 0.1) is 0 Å². The molecule has 3 rings (SSSR count). The van der Waals surface area contributed by atoms with E-state index in [0.717, 1.165) is 25.0 Å². The summed E-state index contributed by atoms with van der Waals surface area (Å²) in [5.74, 6) is 0.756. The second-order valence-electron chi connectivity index (χ2n) is 6.11. The summed E-state index contributed by atoms with van der Waals surface area (Å²) in [6.07, 6.45) is 5.40. The monoisotopic (exact) mass is 279 g/mol. The first kappa shape index (κ1) is 13.4. The normalized spacial score (nSPS) is 19.2. The molecule has 2 aliphatic rings. The second kappa shape index (κ2) is 5.41. The van der Waals surface area contributed by atoms with Crippen LogP contribution in [-0.4, -0.2) is 23.6 Å². The third-order valence-corrected chi connectivity index (χ3v) is 5.13. The summed E-state index contributed by atoms with van der Waals surface area (Å²) in [7, 11) is 0. The minimum atomic E-state index is 0.535. The third kappa shape index (κ3) is 3.11. The van der Waals surface area contributed by atoms with Crippen LogP contribution in [0.4, 0.5) is 5.13 Å². The van der Waals surface area contributed by atoms with Gasteiger partial charge in [-0.05, 0) is 46.5 Å². The average molecular weight is 279 g/mol. The lowest BCUT2D eigenvalue weighted by Gasteiger charge is -2.24. The Morgan fingerprint density at radius 1 is 1.32 bits per heavy atom. The first-order chi connectivity index (χ1) is 9.19. The molecule has 4 heteroatoms. The number of nitrogens with zero attached hydrogens (tertiary/aromatic N) is 2. The van der Waals surface area contributed by atoms with Crippen molar-refractivity contribution in [3.63, 3.8) is 0 Å². The van der Waals surface area contributed by atoms with Gasteiger partial charge in [0.25, 0.3) is 0 Å². The Labute approximate surface area is 120 Å². The van der Waals surface area contributed by atoms with Crippen LogP contribution in [0.5, 0.6) is 0 Å². The highest BCUT2D eigenvalue weighted by Crippen LogP contribution is 2.44. The molecule has 0 atom stereocenters. The number of anilines is 1. The molecule has 0 bridgehead atoms. The minimum absolute atomic E-state index is 0.535. The molecule has 1 aromatic heterocycles. The fourth-order valence-corrected chi connectivity index (χ4v) is 3.82. The minimum Gasteiger partial charge on any atom is -0.346 e. The predicted octanol–water partition coefficient (Wildman–Crippen LogP) is 3.51. The summed E-state index contributed by atoms with van der Waals surface area (Å²) >= 11 is 1.91. The molecule has 3 nitrogen and oxygen atoms in total. The van der Waals surface area contributed by atoms with Crippen molar-refractivity contribution in [3.8, 4) is 0 Å². The smallest absolute Gasteiger partial charge is 0.186 e. The van der Waals surface area contributed by atoms with Gasteiger partial charge >= 0.3 is 0 Å². The molecule has 0 amide bonds. The van der Waals surface area contributed by atoms with Gasteiger partial charge in [0.15, 0.2) is 5.13 Å². The molecule has 1 aromatic rings. The number of hydrogen-bond donors (Lipinski definition) is 1. The summed E-state index contributed by atoms with van der Waals surface area (Å²) < 4.78 is 0. The van der Waals surface area contributed by atoms with Crippen molar-refractivity contribution in [2.75, 3.05) is 11.4 Å². The van der Waals surface area contributed by atoms with Crippen LogP contribution >= 0.6 is 11.3 Å². The lowest BCUT2D eigenvalue weighted by Crippen LogP contribution is -2.30. The summed E-state index contributed by atoms with van der Waals surface area (Å²) in [5, 5.41) is 4.88. The molecule has 106 valence electrons. The average Bonchev–Trinajstić information content (AvgIpc) is 3.27. The predicted molar refractivity (Wildman–Crippen MR) is 82.1 cm³/mol. The topological polar surface area (TPSA) is 28.2 Å². The van der Waals surface area contributed by atoms with Crippen LogP contribution in [0.3, 0.4) is 0 Å². The highest BCUT2D eigenvalue weighted by molar-refractivity contribution is 7.15. The van der Waals surface area contributed by atoms with E-state index in [-0.39, 0.29) is 0 Å². The largest absolute Gasteiger partial charge is 0.346 e. The van der Waals surface area contributed by atoms with Gasteiger partial charge in [-0.3, -0.25) is 0 Å². The van der Waals surface area contributed by atoms with Gasteiger partial charge in [-0.2, -0.15) is 0 Å². The molecular formula is C15H25N3S. The van der Waals surface area contributed by atoms with Gasteiger partial charge in [0.2, 0.25) is 0 Å². The zero-order valence-corrected chi connectivity index (χ0v) is 13.1. The van der Waals surface area contributed by atoms with Crippen LogP contribution in [0.2, 0.25) is 0 Å². The Morgan fingerprint density at radius 3 is 2.58 bits per heavy atom. The number of nitrogens with one attached hydrogen (secondary N) is 1. The van der Waals surface area contributed by atoms with Gasteiger partial charge in [-0.1, -0.05) is 0 Å². The fraction of sp³-hybridized carbons (Fsp3) is 0.800. The Kier molecular flexibility index (Phi) is 3.81. The summed E-state index contributed by atoms with van der Waals surface area (Å²) in [6.45, 7) is 8.81. The number of hydrogen-bond acceptors (Lipinski definition) is 4. The molecule has 2 saturated carbocycles. The quantitative estimate of drug-likeness (QED) is 0.828. The molecule has 2 aliphatic carbocycles. The molecule has 1 N–H and O–H groups in total. The van der Waals surface area contributed by atoms with Gasteiger partial charge in [0.1, 0.15) is 0 Å². The van der Waals surface area contributed by atoms with Gasteiger partial charge < -0.3 is 10.2 Å². The number of thiazole rings is 1. The zero-order valence-electron chi connectivity index (χ0n) is 12.3. The van der Waals surface area contributed by atoms with E-state index in [0.29, 0.717) is 6.04 Å². The summed E-state index contributed by atoms with van der Waals surface area (Å²) in [5.41, 5.74) is 1.40. The van der Waals surface area contributed by atoms with Crippen LogP contribution < -0.4 is 10.2 Å². The molecule has 0 saturated heterocycles. The SMILES string of the molecule is CCN(c1nc(C2CC2)c(CNC2CC2)s1)C(C)C. The van der Waals surface area contributed by atoms with Crippen molar-refractivity contribution in [1.82, 2.24) is 10.3 Å². The highest BCUT2D eigenvalue weighted by Gasteiger charge is 2.31. The molecule has 2 fully saturated rings. The van der Waals surface area contributed by atoms with Crippen molar-refractivity contribution < 1.29 is 0 Å². The number of rotatable bonds is 7. The van der Waals surface area contributed by atoms with Crippen molar-refractivity contribution in [1.29, 1.82) is 0 Å². The van der Waals surface area contributed by atoms with Crippen LogP contribution in [0.1, 0.15) is 62.9 Å². The van der Waals surface area contributed by atoms with Crippen molar-refractivity contribution in [3.05, 3.63) is 10.6 Å². The Balaban J connectivity index is 1.78. The van der Waals surface area contributed by atoms with E-state index in [1.165, 1.54) is 41.4 Å². The second-order valence-corrected chi connectivity index (χ2v) is 7.18. The maximum Gasteiger partial charge on any atom is 0.186 e. The van der Waals surface area contributed by atoms with Gasteiger partial charge in [-0.25, -0.2) is 4.98 Å². The van der Waals surface area contributed by atoms with Gasteiger partial charge in [-0.15, -0.1) is 11.3 Å². The maximum atomic E-state index is 4.97. The zero-order chi connectivity index (χ0) is 13.4. The van der Waals surface area contributed by atoms with E-state index >= 15 is 0 Å². The van der Waals surface area contributed by atoms with Crippen molar-refractivity contribution >= 4 is 16.5 Å². The third-order valence-electron chi connectivity index (χ3n) is 4.02. The van der Waals surface area contributed by atoms with Gasteiger partial charge in [0.05, 0.1) is 5.69 Å². The van der Waals surface area contributed by atoms with Crippen molar-refractivity contribution in [2.45, 2.75) is 71.0 Å². The fourth-order valence-electron chi connectivity index (χ4n) is 2.52. The lowest BCUT2D eigenvalue weighted by molar-refractivity contribution is 0.687. The first-order valence-electron chi connectivity index (χ1n) is 7.68. The molecule has 0 aromatic carbocycles. The standard InChI is InChI=1S/C15H25N3S/c1-4-18(10(2)3)15-17-14(11-5-6-11)13(19-15)9-16-12-7-8-12/h10-12,16H,4-9H2,1-3H3. The van der Waals surface area contributed by atoms with E-state index in [1.54, 1.807) is 0 Å². The maximum absolute atomic E-state index is 4.97. The Bertz CT molecular complexity index is 433. The van der Waals surface area contributed by atoms with E-state index in [1.807, 2.05) is 11.3 Å². The number of aromatic nitrogens is 1. The molecule has 0 aliphatic heterocycles. The summed E-state index contributed by atoms with van der Waals surface area (Å²) in [4.78, 5) is 8.87. The first-order valence-corrected chi connectivity index (χ1v) is 8.50. The molecule has 1 heterocycles. The van der Waals surface area contributed by atoms with E-state index in [2.05, 4.69) is 31.0 Å². The Morgan fingerprint density at radius 2 is 2.05 bits per heavy atom. The van der Waals surface area contributed by atoms with Gasteiger partial charge in [0, 0.05) is 36.0 Å². The van der Waals surface area contributed by atoms with E-state index in [9.17, 15) is 0 Å². The van der Waals surface area contributed by atoms with Crippen LogP contribution in [0.15, 0.2) is 0 Å². The molecule has 19 heavy (non-hydrogen) atoms. The molecule has 0 spiro atoms. The molecular weight excluding hydrogens is 254 g/mol. The Hall–Kier alpha value is -0.610. The van der Waals surface area contributed by atoms with Crippen LogP contribution in [0.25, 0.3) is 0 Å². The highest BCUT2D eigenvalue weighted by atomic mass is 32.1.